The van der Waals surface area contributed by atoms with Crippen LogP contribution in [0.5, 0.6) is 23.0 Å². The predicted octanol–water partition coefficient (Wildman–Crippen LogP) is 2.50. The van der Waals surface area contributed by atoms with Crippen molar-refractivity contribution in [1.29, 1.82) is 0 Å². The Morgan fingerprint density at radius 3 is 2.14 bits per heavy atom. The van der Waals surface area contributed by atoms with Crippen LogP contribution in [-0.2, 0) is 11.2 Å². The Morgan fingerprint density at radius 2 is 1.54 bits per heavy atom. The van der Waals surface area contributed by atoms with Crippen molar-refractivity contribution in [3.63, 3.8) is 0 Å². The van der Waals surface area contributed by atoms with Crippen molar-refractivity contribution in [1.82, 2.24) is 5.32 Å². The molecular weight excluding hydrogens is 362 g/mol. The van der Waals surface area contributed by atoms with Gasteiger partial charge in [0.15, 0.2) is 0 Å². The van der Waals surface area contributed by atoms with E-state index >= 15 is 0 Å². The molecule has 2 aromatic carbocycles. The number of hydrogen-bond acceptors (Lipinski definition) is 6. The average Bonchev–Trinajstić information content (AvgIpc) is 2.75. The summed E-state index contributed by atoms with van der Waals surface area (Å²) < 4.78 is 21.0. The van der Waals surface area contributed by atoms with Crippen LogP contribution in [-0.4, -0.2) is 46.0 Å². The fourth-order valence-corrected chi connectivity index (χ4v) is 2.83. The Labute approximate surface area is 165 Å². The van der Waals surface area contributed by atoms with Crippen molar-refractivity contribution >= 4 is 5.91 Å². The number of carbonyl (C=O) groups excluding carboxylic acids is 1. The van der Waals surface area contributed by atoms with Crippen LogP contribution in [0, 0.1) is 0 Å². The van der Waals surface area contributed by atoms with Gasteiger partial charge in [0.1, 0.15) is 23.0 Å². The van der Waals surface area contributed by atoms with Gasteiger partial charge in [0.2, 0.25) is 5.91 Å². The van der Waals surface area contributed by atoms with Crippen molar-refractivity contribution < 1.29 is 28.8 Å². The molecule has 28 heavy (non-hydrogen) atoms. The molecule has 0 aliphatic carbocycles. The van der Waals surface area contributed by atoms with E-state index in [9.17, 15) is 9.90 Å². The van der Waals surface area contributed by atoms with Crippen LogP contribution in [0.2, 0.25) is 0 Å². The Kier molecular flexibility index (Phi) is 7.95. The SMILES string of the molecule is COc1ccc(OC)c(CCC(=O)NCC(O)c2cc(OC)ccc2OC)c1. The van der Waals surface area contributed by atoms with Crippen LogP contribution < -0.4 is 24.3 Å². The topological polar surface area (TPSA) is 86.3 Å². The second-order valence-corrected chi connectivity index (χ2v) is 6.11. The lowest BCUT2D eigenvalue weighted by Crippen LogP contribution is -2.28. The number of amides is 1. The predicted molar refractivity (Wildman–Crippen MR) is 105 cm³/mol. The molecule has 0 aliphatic heterocycles. The number of aliphatic hydroxyl groups excluding tert-OH is 1. The molecule has 2 rings (SSSR count). The Balaban J connectivity index is 1.94. The molecule has 0 saturated heterocycles. The standard InChI is InChI=1S/C21H27NO6/c1-25-15-6-8-19(27-3)14(11-15)5-10-21(24)22-13-18(23)17-12-16(26-2)7-9-20(17)28-4/h6-9,11-12,18,23H,5,10,13H2,1-4H3,(H,22,24). The maximum atomic E-state index is 12.2. The second-order valence-electron chi connectivity index (χ2n) is 6.11. The summed E-state index contributed by atoms with van der Waals surface area (Å²) in [7, 11) is 6.25. The molecule has 1 amide bonds. The molecule has 2 aromatic rings. The first-order valence-electron chi connectivity index (χ1n) is 8.90. The molecule has 0 radical (unpaired) electrons. The van der Waals surface area contributed by atoms with Gasteiger partial charge >= 0.3 is 0 Å². The van der Waals surface area contributed by atoms with E-state index in [-0.39, 0.29) is 18.9 Å². The van der Waals surface area contributed by atoms with Gasteiger partial charge in [-0.05, 0) is 48.4 Å². The number of aliphatic hydroxyl groups is 1. The number of carbonyl (C=O) groups is 1. The third kappa shape index (κ3) is 5.53. The van der Waals surface area contributed by atoms with Gasteiger partial charge in [-0.2, -0.15) is 0 Å². The summed E-state index contributed by atoms with van der Waals surface area (Å²) in [6.07, 6.45) is -0.170. The van der Waals surface area contributed by atoms with E-state index in [1.165, 1.54) is 7.11 Å². The van der Waals surface area contributed by atoms with Crippen LogP contribution in [0.15, 0.2) is 36.4 Å². The summed E-state index contributed by atoms with van der Waals surface area (Å²) in [5.74, 6) is 2.37. The molecule has 0 aliphatic rings. The minimum absolute atomic E-state index is 0.0671. The molecule has 2 N–H and O–H groups in total. The quantitative estimate of drug-likeness (QED) is 0.649. The number of aryl methyl sites for hydroxylation is 1. The highest BCUT2D eigenvalue weighted by atomic mass is 16.5. The highest BCUT2D eigenvalue weighted by Gasteiger charge is 2.16. The zero-order valence-corrected chi connectivity index (χ0v) is 16.7. The highest BCUT2D eigenvalue weighted by molar-refractivity contribution is 5.76. The van der Waals surface area contributed by atoms with Gasteiger partial charge in [-0.15, -0.1) is 0 Å². The van der Waals surface area contributed by atoms with Crippen LogP contribution in [0.4, 0.5) is 0 Å². The van der Waals surface area contributed by atoms with Crippen molar-refractivity contribution in [2.45, 2.75) is 18.9 Å². The monoisotopic (exact) mass is 389 g/mol. The van der Waals surface area contributed by atoms with Crippen molar-refractivity contribution in [3.05, 3.63) is 47.5 Å². The number of methoxy groups -OCH3 is 4. The van der Waals surface area contributed by atoms with Gasteiger partial charge < -0.3 is 29.4 Å². The third-order valence-electron chi connectivity index (χ3n) is 4.40. The first-order chi connectivity index (χ1) is 13.5. The van der Waals surface area contributed by atoms with Gasteiger partial charge in [0.05, 0.1) is 34.5 Å². The summed E-state index contributed by atoms with van der Waals surface area (Å²) in [4.78, 5) is 12.2. The van der Waals surface area contributed by atoms with Gasteiger partial charge in [-0.1, -0.05) is 0 Å². The molecule has 7 heteroatoms. The van der Waals surface area contributed by atoms with E-state index in [0.717, 1.165) is 5.56 Å². The number of benzene rings is 2. The third-order valence-corrected chi connectivity index (χ3v) is 4.40. The summed E-state index contributed by atoms with van der Waals surface area (Å²) in [5, 5.41) is 13.2. The molecule has 0 spiro atoms. The van der Waals surface area contributed by atoms with Crippen molar-refractivity contribution in [2.24, 2.45) is 0 Å². The fourth-order valence-electron chi connectivity index (χ4n) is 2.83. The lowest BCUT2D eigenvalue weighted by Gasteiger charge is -2.17. The van der Waals surface area contributed by atoms with Crippen LogP contribution >= 0.6 is 0 Å². The normalized spacial score (nSPS) is 11.5. The Hall–Kier alpha value is -2.93. The first kappa shape index (κ1) is 21.4. The van der Waals surface area contributed by atoms with E-state index in [1.54, 1.807) is 45.6 Å². The minimum atomic E-state index is -0.916. The Morgan fingerprint density at radius 1 is 0.929 bits per heavy atom. The van der Waals surface area contributed by atoms with Gasteiger partial charge in [0.25, 0.3) is 0 Å². The van der Waals surface area contributed by atoms with E-state index in [1.807, 2.05) is 12.1 Å². The zero-order chi connectivity index (χ0) is 20.5. The molecule has 7 nitrogen and oxygen atoms in total. The van der Waals surface area contributed by atoms with Crippen molar-refractivity contribution in [3.8, 4) is 23.0 Å². The minimum Gasteiger partial charge on any atom is -0.497 e. The number of ether oxygens (including phenoxy) is 4. The maximum absolute atomic E-state index is 12.2. The van der Waals surface area contributed by atoms with E-state index in [2.05, 4.69) is 5.32 Å². The molecule has 0 bridgehead atoms. The summed E-state index contributed by atoms with van der Waals surface area (Å²) >= 11 is 0. The lowest BCUT2D eigenvalue weighted by atomic mass is 10.1. The maximum Gasteiger partial charge on any atom is 0.220 e. The molecule has 0 fully saturated rings. The van der Waals surface area contributed by atoms with Gasteiger partial charge in [-0.25, -0.2) is 0 Å². The summed E-state index contributed by atoms with van der Waals surface area (Å²) in [6.45, 7) is 0.0671. The summed E-state index contributed by atoms with van der Waals surface area (Å²) in [5.41, 5.74) is 1.43. The molecule has 152 valence electrons. The summed E-state index contributed by atoms with van der Waals surface area (Å²) in [6, 6.07) is 10.6. The van der Waals surface area contributed by atoms with Crippen LogP contribution in [0.25, 0.3) is 0 Å². The van der Waals surface area contributed by atoms with E-state index in [0.29, 0.717) is 35.0 Å². The molecular formula is C21H27NO6. The first-order valence-corrected chi connectivity index (χ1v) is 8.90. The number of nitrogens with one attached hydrogen (secondary N) is 1. The molecule has 1 unspecified atom stereocenters. The fraction of sp³-hybridized carbons (Fsp3) is 0.381. The highest BCUT2D eigenvalue weighted by Crippen LogP contribution is 2.29. The van der Waals surface area contributed by atoms with Crippen molar-refractivity contribution in [2.75, 3.05) is 35.0 Å². The zero-order valence-electron chi connectivity index (χ0n) is 16.7. The van der Waals surface area contributed by atoms with Gasteiger partial charge in [0, 0.05) is 18.5 Å². The van der Waals surface area contributed by atoms with Gasteiger partial charge in [-0.3, -0.25) is 4.79 Å². The molecule has 1 atom stereocenters. The van der Waals surface area contributed by atoms with Crippen LogP contribution in [0.3, 0.4) is 0 Å². The Bertz CT molecular complexity index is 792. The molecule has 0 aromatic heterocycles. The van der Waals surface area contributed by atoms with E-state index in [4.69, 9.17) is 18.9 Å². The largest absolute Gasteiger partial charge is 0.497 e. The lowest BCUT2D eigenvalue weighted by molar-refractivity contribution is -0.121. The molecule has 0 heterocycles. The number of rotatable bonds is 10. The average molecular weight is 389 g/mol. The second kappa shape index (κ2) is 10.4. The molecule has 0 saturated carbocycles. The van der Waals surface area contributed by atoms with E-state index < -0.39 is 6.10 Å². The smallest absolute Gasteiger partial charge is 0.220 e. The number of hydrogen-bond donors (Lipinski definition) is 2. The van der Waals surface area contributed by atoms with Crippen LogP contribution in [0.1, 0.15) is 23.7 Å².